The molecule has 1 heterocycles. The van der Waals surface area contributed by atoms with Crippen LogP contribution >= 0.6 is 11.3 Å². The lowest BCUT2D eigenvalue weighted by molar-refractivity contribution is 0.187. The third-order valence-corrected chi connectivity index (χ3v) is 1.97. The topological polar surface area (TPSA) is 46.2 Å². The summed E-state index contributed by atoms with van der Waals surface area (Å²) in [6.45, 7) is 1.98. The summed E-state index contributed by atoms with van der Waals surface area (Å²) < 4.78 is 0. The normalized spacial score (nSPS) is 13.7. The molecule has 1 atom stereocenters. The van der Waals surface area contributed by atoms with E-state index in [0.717, 1.165) is 5.56 Å². The van der Waals surface area contributed by atoms with Crippen LogP contribution in [0.15, 0.2) is 11.4 Å². The first-order valence-corrected chi connectivity index (χ1v) is 3.57. The number of nitrogens with two attached hydrogens (primary N) is 1. The highest BCUT2D eigenvalue weighted by Crippen LogP contribution is 2.16. The maximum atomic E-state index is 8.82. The first-order chi connectivity index (χ1) is 4.20. The molecular weight excluding hydrogens is 134 g/mol. The van der Waals surface area contributed by atoms with Crippen LogP contribution in [0.2, 0.25) is 0 Å². The van der Waals surface area contributed by atoms with E-state index >= 15 is 0 Å². The lowest BCUT2D eigenvalue weighted by Crippen LogP contribution is -2.06. The number of aryl methyl sites for hydroxylation is 1. The van der Waals surface area contributed by atoms with Gasteiger partial charge in [0.15, 0.2) is 0 Å². The van der Waals surface area contributed by atoms with Crippen molar-refractivity contribution in [1.29, 1.82) is 0 Å². The fourth-order valence-electron chi connectivity index (χ4n) is 0.619. The summed E-state index contributed by atoms with van der Waals surface area (Å²) >= 11 is 1.59. The number of hydrogen-bond acceptors (Lipinski definition) is 3. The van der Waals surface area contributed by atoms with Gasteiger partial charge in [0, 0.05) is 10.4 Å². The molecule has 1 aromatic rings. The summed E-state index contributed by atoms with van der Waals surface area (Å²) in [4.78, 5) is 1.18. The van der Waals surface area contributed by atoms with E-state index in [4.69, 9.17) is 10.8 Å². The Hall–Kier alpha value is -0.380. The summed E-state index contributed by atoms with van der Waals surface area (Å²) in [6, 6.07) is 1.88. The Balaban J connectivity index is 2.85. The number of hydrogen-bond donors (Lipinski definition) is 2. The highest BCUT2D eigenvalue weighted by atomic mass is 32.1. The van der Waals surface area contributed by atoms with Gasteiger partial charge in [0.25, 0.3) is 0 Å². The van der Waals surface area contributed by atoms with Crippen molar-refractivity contribution in [3.63, 3.8) is 0 Å². The smallest absolute Gasteiger partial charge is 0.129 e. The Labute approximate surface area is 57.9 Å². The predicted molar refractivity (Wildman–Crippen MR) is 38.2 cm³/mol. The minimum absolute atomic E-state index is 0.803. The summed E-state index contributed by atoms with van der Waals surface area (Å²) in [7, 11) is 0. The SMILES string of the molecule is Cc1cc(C(N)O)cs1. The molecule has 0 radical (unpaired) electrons. The molecule has 0 saturated heterocycles. The van der Waals surface area contributed by atoms with Gasteiger partial charge in [-0.2, -0.15) is 0 Å². The Morgan fingerprint density at radius 1 is 1.78 bits per heavy atom. The molecule has 0 saturated carbocycles. The van der Waals surface area contributed by atoms with E-state index in [1.807, 2.05) is 18.4 Å². The first-order valence-electron chi connectivity index (χ1n) is 2.69. The zero-order valence-electron chi connectivity index (χ0n) is 5.16. The maximum Gasteiger partial charge on any atom is 0.129 e. The first kappa shape index (κ1) is 6.74. The molecule has 0 aliphatic heterocycles. The van der Waals surface area contributed by atoms with Crippen LogP contribution in [0.25, 0.3) is 0 Å². The molecule has 0 amide bonds. The highest BCUT2D eigenvalue weighted by molar-refractivity contribution is 7.10. The Morgan fingerprint density at radius 3 is 2.67 bits per heavy atom. The highest BCUT2D eigenvalue weighted by Gasteiger charge is 2.00. The van der Waals surface area contributed by atoms with Crippen LogP contribution in [-0.4, -0.2) is 5.11 Å². The molecule has 9 heavy (non-hydrogen) atoms. The second kappa shape index (κ2) is 2.47. The van der Waals surface area contributed by atoms with E-state index in [2.05, 4.69) is 0 Å². The van der Waals surface area contributed by atoms with E-state index < -0.39 is 6.23 Å². The fraction of sp³-hybridized carbons (Fsp3) is 0.333. The van der Waals surface area contributed by atoms with Gasteiger partial charge in [-0.3, -0.25) is 0 Å². The van der Waals surface area contributed by atoms with Gasteiger partial charge in [-0.15, -0.1) is 11.3 Å². The van der Waals surface area contributed by atoms with Crippen LogP contribution in [0.1, 0.15) is 16.7 Å². The van der Waals surface area contributed by atoms with Gasteiger partial charge in [0.05, 0.1) is 0 Å². The van der Waals surface area contributed by atoms with Crippen molar-refractivity contribution in [2.75, 3.05) is 0 Å². The van der Waals surface area contributed by atoms with Crippen LogP contribution < -0.4 is 5.73 Å². The molecule has 1 rings (SSSR count). The fourth-order valence-corrected chi connectivity index (χ4v) is 1.35. The van der Waals surface area contributed by atoms with Crippen molar-refractivity contribution in [2.24, 2.45) is 5.73 Å². The lowest BCUT2D eigenvalue weighted by Gasteiger charge is -1.96. The minimum atomic E-state index is -0.810. The zero-order chi connectivity index (χ0) is 6.85. The van der Waals surface area contributed by atoms with Crippen molar-refractivity contribution < 1.29 is 5.11 Å². The van der Waals surface area contributed by atoms with Crippen LogP contribution in [0.3, 0.4) is 0 Å². The monoisotopic (exact) mass is 143 g/mol. The lowest BCUT2D eigenvalue weighted by atomic mass is 10.3. The van der Waals surface area contributed by atoms with E-state index in [1.165, 1.54) is 4.88 Å². The van der Waals surface area contributed by atoms with E-state index in [0.29, 0.717) is 0 Å². The molecule has 0 aliphatic carbocycles. The largest absolute Gasteiger partial charge is 0.375 e. The van der Waals surface area contributed by atoms with Crippen molar-refractivity contribution >= 4 is 11.3 Å². The van der Waals surface area contributed by atoms with Gasteiger partial charge in [-0.25, -0.2) is 0 Å². The predicted octanol–water partition coefficient (Wildman–Crippen LogP) is 1.01. The third-order valence-electron chi connectivity index (χ3n) is 1.09. The number of rotatable bonds is 1. The van der Waals surface area contributed by atoms with E-state index in [-0.39, 0.29) is 0 Å². The molecule has 1 aromatic heterocycles. The average Bonchev–Trinajstić information content (AvgIpc) is 2.14. The van der Waals surface area contributed by atoms with Crippen LogP contribution in [0, 0.1) is 6.92 Å². The van der Waals surface area contributed by atoms with Gasteiger partial charge < -0.3 is 10.8 Å². The maximum absolute atomic E-state index is 8.82. The number of aliphatic hydroxyl groups is 1. The van der Waals surface area contributed by atoms with Crippen molar-refractivity contribution in [1.82, 2.24) is 0 Å². The average molecular weight is 143 g/mol. The molecule has 0 aromatic carbocycles. The number of aliphatic hydroxyl groups excluding tert-OH is 1. The van der Waals surface area contributed by atoms with Gasteiger partial charge in [0.2, 0.25) is 0 Å². The van der Waals surface area contributed by atoms with Crippen LogP contribution in [-0.2, 0) is 0 Å². The van der Waals surface area contributed by atoms with Crippen molar-refractivity contribution in [3.8, 4) is 0 Å². The molecule has 0 aliphatic rings. The molecule has 0 bridgehead atoms. The van der Waals surface area contributed by atoms with E-state index in [9.17, 15) is 0 Å². The van der Waals surface area contributed by atoms with Gasteiger partial charge in [-0.1, -0.05) is 0 Å². The molecule has 3 heteroatoms. The Kier molecular flexibility index (Phi) is 1.85. The van der Waals surface area contributed by atoms with Crippen LogP contribution in [0.4, 0.5) is 0 Å². The van der Waals surface area contributed by atoms with Crippen molar-refractivity contribution in [2.45, 2.75) is 13.2 Å². The van der Waals surface area contributed by atoms with E-state index in [1.54, 1.807) is 11.3 Å². The molecule has 0 spiro atoms. The quantitative estimate of drug-likeness (QED) is 0.576. The zero-order valence-corrected chi connectivity index (χ0v) is 5.98. The molecule has 3 N–H and O–H groups in total. The molecule has 2 nitrogen and oxygen atoms in total. The van der Waals surface area contributed by atoms with Gasteiger partial charge in [0.1, 0.15) is 6.23 Å². The summed E-state index contributed by atoms with van der Waals surface area (Å²) in [5, 5.41) is 10.7. The van der Waals surface area contributed by atoms with Crippen molar-refractivity contribution in [3.05, 3.63) is 21.9 Å². The van der Waals surface area contributed by atoms with Gasteiger partial charge in [-0.05, 0) is 18.4 Å². The Bertz CT molecular complexity index is 195. The Morgan fingerprint density at radius 2 is 2.44 bits per heavy atom. The summed E-state index contributed by atoms with van der Waals surface area (Å²) in [5.74, 6) is 0. The molecule has 50 valence electrons. The molecule has 1 unspecified atom stereocenters. The summed E-state index contributed by atoms with van der Waals surface area (Å²) in [6.07, 6.45) is -0.810. The minimum Gasteiger partial charge on any atom is -0.375 e. The standard InChI is InChI=1S/C6H9NOS/c1-4-2-5(3-9-4)6(7)8/h2-3,6,8H,7H2,1H3. The second-order valence-corrected chi connectivity index (χ2v) is 3.05. The molecular formula is C6H9NOS. The third kappa shape index (κ3) is 1.51. The number of thiophene rings is 1. The summed E-state index contributed by atoms with van der Waals surface area (Å²) in [5.41, 5.74) is 5.99. The molecule has 0 fully saturated rings. The van der Waals surface area contributed by atoms with Gasteiger partial charge >= 0.3 is 0 Å². The van der Waals surface area contributed by atoms with Crippen LogP contribution in [0.5, 0.6) is 0 Å². The second-order valence-electron chi connectivity index (χ2n) is 1.94.